The third-order valence-corrected chi connectivity index (χ3v) is 3.28. The Hall–Kier alpha value is -1.84. The van der Waals surface area contributed by atoms with Crippen LogP contribution in [0.1, 0.15) is 11.3 Å². The van der Waals surface area contributed by atoms with E-state index >= 15 is 0 Å². The van der Waals surface area contributed by atoms with E-state index in [4.69, 9.17) is 10.4 Å². The number of aliphatic hydroxyl groups excluding tert-OH is 1. The van der Waals surface area contributed by atoms with Gasteiger partial charge in [0.15, 0.2) is 5.16 Å². The average Bonchev–Trinajstić information content (AvgIpc) is 2.71. The van der Waals surface area contributed by atoms with Gasteiger partial charge in [-0.15, -0.1) is 0 Å². The molecule has 5 nitrogen and oxygen atoms in total. The normalized spacial score (nSPS) is 10.2. The van der Waals surface area contributed by atoms with Crippen LogP contribution in [0, 0.1) is 11.3 Å². The number of nitriles is 1. The predicted octanol–water partition coefficient (Wildman–Crippen LogP) is 1.33. The van der Waals surface area contributed by atoms with Crippen LogP contribution in [0.5, 0.6) is 0 Å². The summed E-state index contributed by atoms with van der Waals surface area (Å²) in [6, 6.07) is 5.50. The van der Waals surface area contributed by atoms with Crippen molar-refractivity contribution in [2.24, 2.45) is 7.05 Å². The third kappa shape index (κ3) is 2.46. The van der Waals surface area contributed by atoms with Crippen LogP contribution in [0.2, 0.25) is 0 Å². The van der Waals surface area contributed by atoms with Crippen molar-refractivity contribution < 1.29 is 5.11 Å². The van der Waals surface area contributed by atoms with E-state index in [9.17, 15) is 0 Å². The van der Waals surface area contributed by atoms with Gasteiger partial charge in [0.2, 0.25) is 0 Å². The quantitative estimate of drug-likeness (QED) is 0.884. The van der Waals surface area contributed by atoms with Gasteiger partial charge in [-0.1, -0.05) is 0 Å². The molecule has 0 atom stereocenters. The number of aromatic nitrogens is 3. The number of aliphatic hydroxyl groups is 1. The Morgan fingerprint density at radius 3 is 2.76 bits per heavy atom. The molecule has 0 unspecified atom stereocenters. The molecular formula is C11H10N4OS. The van der Waals surface area contributed by atoms with Crippen molar-refractivity contribution in [2.45, 2.75) is 16.8 Å². The molecule has 0 fully saturated rings. The second-order valence-electron chi connectivity index (χ2n) is 3.35. The Kier molecular flexibility index (Phi) is 3.42. The fourth-order valence-electron chi connectivity index (χ4n) is 1.27. The Morgan fingerprint density at radius 1 is 1.41 bits per heavy atom. The Morgan fingerprint density at radius 2 is 2.24 bits per heavy atom. The lowest BCUT2D eigenvalue weighted by atomic mass is 10.3. The summed E-state index contributed by atoms with van der Waals surface area (Å²) >= 11 is 1.39. The van der Waals surface area contributed by atoms with Crippen LogP contribution >= 0.6 is 11.8 Å². The van der Waals surface area contributed by atoms with Crippen molar-refractivity contribution in [2.75, 3.05) is 0 Å². The third-order valence-electron chi connectivity index (χ3n) is 2.27. The highest BCUT2D eigenvalue weighted by molar-refractivity contribution is 7.99. The minimum atomic E-state index is -0.0368. The van der Waals surface area contributed by atoms with Gasteiger partial charge in [0.05, 0.1) is 24.1 Å². The first-order valence-electron chi connectivity index (χ1n) is 4.90. The molecule has 0 aromatic carbocycles. The molecule has 1 N–H and O–H groups in total. The first-order chi connectivity index (χ1) is 8.24. The molecule has 0 aliphatic carbocycles. The highest BCUT2D eigenvalue weighted by Crippen LogP contribution is 2.24. The predicted molar refractivity (Wildman–Crippen MR) is 62.2 cm³/mol. The molecule has 0 spiro atoms. The Balaban J connectivity index is 2.20. The summed E-state index contributed by atoms with van der Waals surface area (Å²) in [6.07, 6.45) is 3.16. The monoisotopic (exact) mass is 246 g/mol. The summed E-state index contributed by atoms with van der Waals surface area (Å²) in [5.74, 6) is 0. The van der Waals surface area contributed by atoms with Crippen molar-refractivity contribution >= 4 is 11.8 Å². The first-order valence-corrected chi connectivity index (χ1v) is 5.71. The fraction of sp³-hybridized carbons (Fsp3) is 0.182. The molecule has 0 aliphatic rings. The van der Waals surface area contributed by atoms with Crippen molar-refractivity contribution in [3.8, 4) is 6.07 Å². The molecule has 0 amide bonds. The largest absolute Gasteiger partial charge is 0.390 e. The number of hydrogen-bond donors (Lipinski definition) is 1. The second-order valence-corrected chi connectivity index (χ2v) is 4.34. The van der Waals surface area contributed by atoms with Crippen LogP contribution in [0.3, 0.4) is 0 Å². The van der Waals surface area contributed by atoms with Gasteiger partial charge in [-0.25, -0.2) is 9.97 Å². The van der Waals surface area contributed by atoms with E-state index in [2.05, 4.69) is 9.97 Å². The summed E-state index contributed by atoms with van der Waals surface area (Å²) in [5, 5.41) is 19.2. The topological polar surface area (TPSA) is 74.7 Å². The maximum atomic E-state index is 9.04. The van der Waals surface area contributed by atoms with E-state index in [0.29, 0.717) is 5.56 Å². The molecule has 86 valence electrons. The van der Waals surface area contributed by atoms with E-state index in [1.165, 1.54) is 18.0 Å². The van der Waals surface area contributed by atoms with E-state index in [-0.39, 0.29) is 6.61 Å². The van der Waals surface area contributed by atoms with Crippen LogP contribution in [-0.2, 0) is 13.7 Å². The molecule has 2 aromatic rings. The van der Waals surface area contributed by atoms with E-state index in [1.54, 1.807) is 18.3 Å². The fourth-order valence-corrected chi connectivity index (χ4v) is 2.06. The van der Waals surface area contributed by atoms with Crippen LogP contribution < -0.4 is 0 Å². The van der Waals surface area contributed by atoms with E-state index < -0.39 is 0 Å². The molecule has 0 saturated carbocycles. The second kappa shape index (κ2) is 4.99. The molecule has 2 aromatic heterocycles. The lowest BCUT2D eigenvalue weighted by Crippen LogP contribution is -1.97. The van der Waals surface area contributed by atoms with Crippen LogP contribution in [-0.4, -0.2) is 19.6 Å². The zero-order valence-electron chi connectivity index (χ0n) is 9.16. The SMILES string of the molecule is Cn1c(CO)cnc1Sc1ccc(C#N)cn1. The molecule has 0 saturated heterocycles. The molecule has 2 heterocycles. The van der Waals surface area contributed by atoms with Crippen molar-refractivity contribution in [1.82, 2.24) is 14.5 Å². The van der Waals surface area contributed by atoms with Gasteiger partial charge in [0.25, 0.3) is 0 Å². The maximum absolute atomic E-state index is 9.04. The van der Waals surface area contributed by atoms with Gasteiger partial charge in [-0.2, -0.15) is 5.26 Å². The van der Waals surface area contributed by atoms with Crippen LogP contribution in [0.15, 0.2) is 34.7 Å². The van der Waals surface area contributed by atoms with E-state index in [1.807, 2.05) is 17.7 Å². The van der Waals surface area contributed by atoms with Gasteiger partial charge in [-0.05, 0) is 23.9 Å². The van der Waals surface area contributed by atoms with Crippen LogP contribution in [0.4, 0.5) is 0 Å². The van der Waals surface area contributed by atoms with Crippen molar-refractivity contribution in [1.29, 1.82) is 5.26 Å². The highest BCUT2D eigenvalue weighted by Gasteiger charge is 2.08. The first kappa shape index (κ1) is 11.6. The highest BCUT2D eigenvalue weighted by atomic mass is 32.2. The van der Waals surface area contributed by atoms with Gasteiger partial charge >= 0.3 is 0 Å². The van der Waals surface area contributed by atoms with Crippen molar-refractivity contribution in [3.63, 3.8) is 0 Å². The maximum Gasteiger partial charge on any atom is 0.174 e. The zero-order chi connectivity index (χ0) is 12.3. The summed E-state index contributed by atoms with van der Waals surface area (Å²) in [4.78, 5) is 8.33. The van der Waals surface area contributed by atoms with Gasteiger partial charge < -0.3 is 9.67 Å². The summed E-state index contributed by atoms with van der Waals surface area (Å²) in [6.45, 7) is -0.0368. The summed E-state index contributed by atoms with van der Waals surface area (Å²) < 4.78 is 1.81. The lowest BCUT2D eigenvalue weighted by Gasteiger charge is -2.02. The number of pyridine rings is 1. The van der Waals surface area contributed by atoms with Crippen LogP contribution in [0.25, 0.3) is 0 Å². The lowest BCUT2D eigenvalue weighted by molar-refractivity contribution is 0.271. The molecular weight excluding hydrogens is 236 g/mol. The standard InChI is InChI=1S/C11H10N4OS/c1-15-9(7-16)6-14-11(15)17-10-3-2-8(4-12)5-13-10/h2-3,5-6,16H,7H2,1H3. The average molecular weight is 246 g/mol. The van der Waals surface area contributed by atoms with Gasteiger partial charge in [-0.3, -0.25) is 0 Å². The van der Waals surface area contributed by atoms with Gasteiger partial charge in [0, 0.05) is 13.2 Å². The van der Waals surface area contributed by atoms with Crippen molar-refractivity contribution in [3.05, 3.63) is 35.8 Å². The Labute approximate surface area is 103 Å². The molecule has 6 heteroatoms. The molecule has 0 bridgehead atoms. The number of hydrogen-bond acceptors (Lipinski definition) is 5. The Bertz CT molecular complexity index is 556. The van der Waals surface area contributed by atoms with Gasteiger partial charge in [0.1, 0.15) is 11.1 Å². The number of nitrogens with zero attached hydrogens (tertiary/aromatic N) is 4. The molecule has 0 aliphatic heterocycles. The van der Waals surface area contributed by atoms with E-state index in [0.717, 1.165) is 15.9 Å². The summed E-state index contributed by atoms with van der Waals surface area (Å²) in [5.41, 5.74) is 1.28. The summed E-state index contributed by atoms with van der Waals surface area (Å²) in [7, 11) is 1.84. The molecule has 17 heavy (non-hydrogen) atoms. The zero-order valence-corrected chi connectivity index (χ0v) is 9.98. The number of imidazole rings is 1. The minimum absolute atomic E-state index is 0.0368. The smallest absolute Gasteiger partial charge is 0.174 e. The number of rotatable bonds is 3. The molecule has 0 radical (unpaired) electrons. The molecule has 2 rings (SSSR count). The minimum Gasteiger partial charge on any atom is -0.390 e.